The number of hydrogen-bond donors (Lipinski definition) is 1. The van der Waals surface area contributed by atoms with Gasteiger partial charge in [0.05, 0.1) is 23.1 Å². The molecule has 0 radical (unpaired) electrons. The van der Waals surface area contributed by atoms with Crippen LogP contribution < -0.4 is 16.6 Å². The van der Waals surface area contributed by atoms with Gasteiger partial charge in [0.15, 0.2) is 11.2 Å². The molecule has 2 amide bonds. The number of thiazole rings is 1. The fourth-order valence-corrected chi connectivity index (χ4v) is 7.19. The second kappa shape index (κ2) is 9.03. The van der Waals surface area contributed by atoms with Gasteiger partial charge in [-0.15, -0.1) is 22.7 Å². The summed E-state index contributed by atoms with van der Waals surface area (Å²) in [6.07, 6.45) is 2.06. The van der Waals surface area contributed by atoms with E-state index in [1.165, 1.54) is 40.9 Å². The Balaban J connectivity index is 1.39. The number of thiophene rings is 1. The van der Waals surface area contributed by atoms with Gasteiger partial charge in [-0.1, -0.05) is 12.1 Å². The summed E-state index contributed by atoms with van der Waals surface area (Å²) in [5.41, 5.74) is 2.27. The third kappa shape index (κ3) is 3.85. The van der Waals surface area contributed by atoms with Crippen molar-refractivity contribution >= 4 is 60.9 Å². The summed E-state index contributed by atoms with van der Waals surface area (Å²) in [5, 5.41) is 4.51. The number of aromatic nitrogens is 5. The highest BCUT2D eigenvalue weighted by Gasteiger charge is 2.29. The molecule has 0 atom stereocenters. The highest BCUT2D eigenvalue weighted by atomic mass is 32.1. The Morgan fingerprint density at radius 1 is 1.11 bits per heavy atom. The molecule has 6 rings (SSSR count). The zero-order valence-electron chi connectivity index (χ0n) is 20.8. The van der Waals surface area contributed by atoms with Crippen molar-refractivity contribution in [3.63, 3.8) is 0 Å². The summed E-state index contributed by atoms with van der Waals surface area (Å²) in [6, 6.07) is 7.89. The van der Waals surface area contributed by atoms with Gasteiger partial charge in [0.25, 0.3) is 5.56 Å². The van der Waals surface area contributed by atoms with E-state index in [0.29, 0.717) is 24.5 Å². The predicted molar refractivity (Wildman–Crippen MR) is 147 cm³/mol. The van der Waals surface area contributed by atoms with Gasteiger partial charge in [0, 0.05) is 38.0 Å². The molecule has 4 aromatic heterocycles. The van der Waals surface area contributed by atoms with Crippen LogP contribution in [-0.2, 0) is 43.2 Å². The molecule has 11 nitrogen and oxygen atoms in total. The summed E-state index contributed by atoms with van der Waals surface area (Å²) < 4.78 is 4.78. The van der Waals surface area contributed by atoms with Crippen molar-refractivity contribution in [3.8, 4) is 10.6 Å². The highest BCUT2D eigenvalue weighted by Crippen LogP contribution is 2.45. The van der Waals surface area contributed by atoms with Crippen molar-refractivity contribution in [1.29, 1.82) is 0 Å². The molecule has 0 saturated heterocycles. The van der Waals surface area contributed by atoms with Crippen molar-refractivity contribution in [2.75, 3.05) is 11.9 Å². The summed E-state index contributed by atoms with van der Waals surface area (Å²) in [6.45, 7) is 2.49. The van der Waals surface area contributed by atoms with Crippen LogP contribution in [0.4, 0.5) is 5.00 Å². The second-order valence-electron chi connectivity index (χ2n) is 9.18. The Bertz CT molecular complexity index is 1860. The quantitative estimate of drug-likeness (QED) is 0.367. The van der Waals surface area contributed by atoms with Crippen molar-refractivity contribution in [1.82, 2.24) is 28.6 Å². The number of fused-ring (bicyclic) bond motifs is 3. The number of anilines is 1. The van der Waals surface area contributed by atoms with E-state index in [9.17, 15) is 19.2 Å². The minimum atomic E-state index is -0.514. The zero-order chi connectivity index (χ0) is 26.7. The van der Waals surface area contributed by atoms with Crippen molar-refractivity contribution < 1.29 is 9.59 Å². The Morgan fingerprint density at radius 3 is 2.66 bits per heavy atom. The number of para-hydroxylation sites is 1. The molecule has 0 unspecified atom stereocenters. The molecular weight excluding hydrogens is 526 g/mol. The first-order valence-electron chi connectivity index (χ1n) is 11.9. The fraction of sp³-hybridized carbons (Fsp3) is 0.280. The molecule has 194 valence electrons. The first-order chi connectivity index (χ1) is 18.2. The second-order valence-corrected chi connectivity index (χ2v) is 11.3. The largest absolute Gasteiger partial charge is 0.337 e. The van der Waals surface area contributed by atoms with Crippen LogP contribution >= 0.6 is 22.7 Å². The van der Waals surface area contributed by atoms with E-state index < -0.39 is 11.2 Å². The van der Waals surface area contributed by atoms with Crippen LogP contribution in [0.2, 0.25) is 0 Å². The van der Waals surface area contributed by atoms with Crippen molar-refractivity contribution in [2.45, 2.75) is 26.4 Å². The third-order valence-corrected chi connectivity index (χ3v) is 8.98. The number of imidazole rings is 1. The van der Waals surface area contributed by atoms with Crippen LogP contribution in [0, 0.1) is 0 Å². The number of aryl methyl sites for hydroxylation is 1. The van der Waals surface area contributed by atoms with Gasteiger partial charge in [-0.3, -0.25) is 23.5 Å². The monoisotopic (exact) mass is 549 g/mol. The first-order valence-corrected chi connectivity index (χ1v) is 13.5. The van der Waals surface area contributed by atoms with E-state index in [-0.39, 0.29) is 29.5 Å². The topological polar surface area (TPSA) is 124 Å². The van der Waals surface area contributed by atoms with Crippen LogP contribution in [0.1, 0.15) is 17.4 Å². The van der Waals surface area contributed by atoms with Crippen molar-refractivity contribution in [3.05, 3.63) is 61.9 Å². The van der Waals surface area contributed by atoms with Gasteiger partial charge in [-0.05, 0) is 24.1 Å². The van der Waals surface area contributed by atoms with Gasteiger partial charge in [0.2, 0.25) is 11.8 Å². The lowest BCUT2D eigenvalue weighted by Crippen LogP contribution is -2.37. The minimum absolute atomic E-state index is 0.0131. The molecule has 5 aromatic rings. The average Bonchev–Trinajstić information content (AvgIpc) is 3.60. The predicted octanol–water partition coefficient (Wildman–Crippen LogP) is 2.32. The molecule has 0 aliphatic carbocycles. The molecule has 0 spiro atoms. The minimum Gasteiger partial charge on any atom is -0.337 e. The van der Waals surface area contributed by atoms with E-state index >= 15 is 0 Å². The number of rotatable bonds is 4. The maximum Gasteiger partial charge on any atom is 0.332 e. The van der Waals surface area contributed by atoms with E-state index in [2.05, 4.69) is 10.3 Å². The molecule has 1 N–H and O–H groups in total. The van der Waals surface area contributed by atoms with Crippen LogP contribution in [-0.4, -0.2) is 46.9 Å². The number of carbonyl (C=O) groups excluding carboxylic acids is 2. The maximum absolute atomic E-state index is 13.3. The average molecular weight is 550 g/mol. The Hall–Kier alpha value is -4.10. The molecule has 0 bridgehead atoms. The molecule has 38 heavy (non-hydrogen) atoms. The Labute approximate surface area is 223 Å². The van der Waals surface area contributed by atoms with Gasteiger partial charge in [0.1, 0.15) is 16.6 Å². The van der Waals surface area contributed by atoms with Gasteiger partial charge in [-0.25, -0.2) is 14.8 Å². The Morgan fingerprint density at radius 2 is 1.89 bits per heavy atom. The molecular formula is C25H23N7O4S2. The molecule has 5 heterocycles. The van der Waals surface area contributed by atoms with E-state index in [1.807, 2.05) is 24.3 Å². The SMILES string of the molecule is CC(=O)N1CCc2c(sc(NC(=O)Cn3cnc4c3c(=O)n(C)c(=O)n4C)c2-c2nc3ccccc3s2)C1. The fourth-order valence-electron chi connectivity index (χ4n) is 4.80. The Kier molecular flexibility index (Phi) is 5.76. The maximum atomic E-state index is 13.3. The number of nitrogens with one attached hydrogen (secondary N) is 1. The number of carbonyl (C=O) groups is 2. The van der Waals surface area contributed by atoms with Crippen LogP contribution in [0.15, 0.2) is 40.2 Å². The summed E-state index contributed by atoms with van der Waals surface area (Å²) in [4.78, 5) is 62.2. The molecule has 1 aromatic carbocycles. The summed E-state index contributed by atoms with van der Waals surface area (Å²) in [5.74, 6) is -0.330. The normalized spacial score (nSPS) is 13.3. The summed E-state index contributed by atoms with van der Waals surface area (Å²) >= 11 is 3.01. The van der Waals surface area contributed by atoms with E-state index in [0.717, 1.165) is 35.8 Å². The molecule has 1 aliphatic rings. The lowest BCUT2D eigenvalue weighted by molar-refractivity contribution is -0.129. The van der Waals surface area contributed by atoms with Gasteiger partial charge in [-0.2, -0.15) is 0 Å². The molecule has 13 heteroatoms. The highest BCUT2D eigenvalue weighted by molar-refractivity contribution is 7.22. The van der Waals surface area contributed by atoms with Gasteiger partial charge >= 0.3 is 5.69 Å². The molecule has 0 saturated carbocycles. The molecule has 1 aliphatic heterocycles. The third-order valence-electron chi connectivity index (χ3n) is 6.79. The number of nitrogens with zero attached hydrogens (tertiary/aromatic N) is 6. The lowest BCUT2D eigenvalue weighted by atomic mass is 10.0. The standard InChI is InChI=1S/C25H23N7O4S2/c1-13(33)31-9-8-14-17(10-31)38-23(19(14)22-27-15-6-4-5-7-16(15)37-22)28-18(34)11-32-12-26-21-20(32)24(35)30(3)25(36)29(21)2/h4-7,12H,8-11H2,1-3H3,(H,28,34). The van der Waals surface area contributed by atoms with Crippen LogP contribution in [0.5, 0.6) is 0 Å². The van der Waals surface area contributed by atoms with E-state index in [1.54, 1.807) is 23.2 Å². The first kappa shape index (κ1) is 24.2. The number of amides is 2. The molecule has 0 fully saturated rings. The number of hydrogen-bond acceptors (Lipinski definition) is 8. The summed E-state index contributed by atoms with van der Waals surface area (Å²) in [7, 11) is 2.93. The smallest absolute Gasteiger partial charge is 0.332 e. The van der Waals surface area contributed by atoms with E-state index in [4.69, 9.17) is 4.98 Å². The van der Waals surface area contributed by atoms with Crippen molar-refractivity contribution in [2.24, 2.45) is 14.1 Å². The van der Waals surface area contributed by atoms with Gasteiger partial charge < -0.3 is 14.8 Å². The van der Waals surface area contributed by atoms with Crippen LogP contribution in [0.3, 0.4) is 0 Å². The lowest BCUT2D eigenvalue weighted by Gasteiger charge is -2.26. The zero-order valence-corrected chi connectivity index (χ0v) is 22.5. The number of benzene rings is 1. The van der Waals surface area contributed by atoms with Crippen LogP contribution in [0.25, 0.3) is 32.0 Å².